The molecule has 0 bridgehead atoms. The molecule has 1 saturated heterocycles. The first-order valence-corrected chi connectivity index (χ1v) is 11.6. The topological polar surface area (TPSA) is 83.6 Å². The molecule has 1 unspecified atom stereocenters. The number of hydrogen-bond donors (Lipinski definition) is 2. The molecule has 7 heteroatoms. The van der Waals surface area contributed by atoms with E-state index in [0.717, 1.165) is 24.4 Å². The van der Waals surface area contributed by atoms with Crippen LogP contribution in [0.5, 0.6) is 5.75 Å². The summed E-state index contributed by atoms with van der Waals surface area (Å²) in [6, 6.07) is 18.5. The Labute approximate surface area is 200 Å². The molecule has 1 aromatic heterocycles. The molecule has 7 nitrogen and oxygen atoms in total. The highest BCUT2D eigenvalue weighted by Gasteiger charge is 2.23. The van der Waals surface area contributed by atoms with Crippen LogP contribution in [-0.4, -0.2) is 48.4 Å². The van der Waals surface area contributed by atoms with Crippen molar-refractivity contribution in [1.82, 2.24) is 15.2 Å². The van der Waals surface area contributed by atoms with E-state index in [1.165, 1.54) is 25.5 Å². The van der Waals surface area contributed by atoms with Crippen molar-refractivity contribution in [3.8, 4) is 5.75 Å². The molecular formula is C27H30N4O3. The maximum absolute atomic E-state index is 13.0. The van der Waals surface area contributed by atoms with Crippen molar-refractivity contribution < 1.29 is 14.3 Å². The van der Waals surface area contributed by atoms with Gasteiger partial charge in [0, 0.05) is 30.2 Å². The highest BCUT2D eigenvalue weighted by molar-refractivity contribution is 6.04. The van der Waals surface area contributed by atoms with Crippen molar-refractivity contribution in [2.24, 2.45) is 0 Å². The van der Waals surface area contributed by atoms with Gasteiger partial charge < -0.3 is 15.4 Å². The molecule has 1 aliphatic heterocycles. The SMILES string of the molecule is COc1ccc(C(CNC(=O)c2cccc(NC(=O)c3cccnc3)c2)N2CCCCC2)cc1. The van der Waals surface area contributed by atoms with Crippen molar-refractivity contribution in [2.75, 3.05) is 32.1 Å². The summed E-state index contributed by atoms with van der Waals surface area (Å²) in [5.41, 5.74) is 2.67. The standard InChI is InChI=1S/C27H30N4O3/c1-34-24-12-10-20(11-13-24)25(31-15-3-2-4-16-31)19-29-26(32)21-7-5-9-23(17-21)30-27(33)22-8-6-14-28-18-22/h5-14,17-18,25H,2-4,15-16,19H2,1H3,(H,29,32)(H,30,33). The van der Waals surface area contributed by atoms with Gasteiger partial charge in [0.05, 0.1) is 18.7 Å². The van der Waals surface area contributed by atoms with Gasteiger partial charge in [-0.2, -0.15) is 0 Å². The lowest BCUT2D eigenvalue weighted by atomic mass is 10.0. The van der Waals surface area contributed by atoms with E-state index in [-0.39, 0.29) is 17.9 Å². The summed E-state index contributed by atoms with van der Waals surface area (Å²) in [4.78, 5) is 31.8. The Hall–Kier alpha value is -3.71. The van der Waals surface area contributed by atoms with E-state index < -0.39 is 0 Å². The number of likely N-dealkylation sites (tertiary alicyclic amines) is 1. The average Bonchev–Trinajstić information content (AvgIpc) is 2.90. The molecular weight excluding hydrogens is 428 g/mol. The number of ether oxygens (including phenoxy) is 1. The van der Waals surface area contributed by atoms with Gasteiger partial charge in [-0.05, 0) is 74.0 Å². The highest BCUT2D eigenvalue weighted by Crippen LogP contribution is 2.26. The molecule has 1 aliphatic rings. The first-order chi connectivity index (χ1) is 16.6. The molecule has 0 spiro atoms. The molecule has 176 valence electrons. The van der Waals surface area contributed by atoms with Crippen LogP contribution < -0.4 is 15.4 Å². The average molecular weight is 459 g/mol. The number of hydrogen-bond acceptors (Lipinski definition) is 5. The van der Waals surface area contributed by atoms with Gasteiger partial charge in [-0.1, -0.05) is 24.6 Å². The third-order valence-corrected chi connectivity index (χ3v) is 6.09. The maximum atomic E-state index is 13.0. The van der Waals surface area contributed by atoms with Gasteiger partial charge >= 0.3 is 0 Å². The van der Waals surface area contributed by atoms with Gasteiger partial charge in [0.25, 0.3) is 11.8 Å². The number of piperidine rings is 1. The van der Waals surface area contributed by atoms with E-state index in [1.807, 2.05) is 12.1 Å². The molecule has 1 atom stereocenters. The Kier molecular flexibility index (Phi) is 7.88. The molecule has 2 amide bonds. The molecule has 3 aromatic rings. The third kappa shape index (κ3) is 5.99. The Bertz CT molecular complexity index is 1100. The number of carbonyl (C=O) groups excluding carboxylic acids is 2. The fraction of sp³-hybridized carbons (Fsp3) is 0.296. The normalized spacial score (nSPS) is 14.7. The number of carbonyl (C=O) groups is 2. The van der Waals surface area contributed by atoms with Crippen molar-refractivity contribution in [2.45, 2.75) is 25.3 Å². The maximum Gasteiger partial charge on any atom is 0.257 e. The van der Waals surface area contributed by atoms with Crippen LogP contribution in [0.15, 0.2) is 73.1 Å². The van der Waals surface area contributed by atoms with Crippen molar-refractivity contribution in [3.05, 3.63) is 89.7 Å². The first kappa shape index (κ1) is 23.4. The minimum atomic E-state index is -0.268. The molecule has 34 heavy (non-hydrogen) atoms. The molecule has 0 saturated carbocycles. The van der Waals surface area contributed by atoms with Crippen LogP contribution in [0.2, 0.25) is 0 Å². The minimum Gasteiger partial charge on any atom is -0.497 e. The number of nitrogens with zero attached hydrogens (tertiary/aromatic N) is 2. The molecule has 2 N–H and O–H groups in total. The van der Waals surface area contributed by atoms with Crippen molar-refractivity contribution in [1.29, 1.82) is 0 Å². The van der Waals surface area contributed by atoms with Crippen LogP contribution in [0.1, 0.15) is 51.6 Å². The summed E-state index contributed by atoms with van der Waals surface area (Å²) in [5, 5.41) is 5.93. The van der Waals surface area contributed by atoms with Gasteiger partial charge in [0.1, 0.15) is 5.75 Å². The second-order valence-electron chi connectivity index (χ2n) is 8.37. The number of anilines is 1. The lowest BCUT2D eigenvalue weighted by molar-refractivity contribution is 0.0923. The van der Waals surface area contributed by atoms with E-state index in [4.69, 9.17) is 4.74 Å². The van der Waals surface area contributed by atoms with Crippen LogP contribution >= 0.6 is 0 Å². The monoisotopic (exact) mass is 458 g/mol. The Balaban J connectivity index is 1.43. The molecule has 0 radical (unpaired) electrons. The first-order valence-electron chi connectivity index (χ1n) is 11.6. The van der Waals surface area contributed by atoms with E-state index in [0.29, 0.717) is 23.4 Å². The Morgan fingerprint density at radius 3 is 2.44 bits per heavy atom. The summed E-state index contributed by atoms with van der Waals surface area (Å²) in [6.45, 7) is 2.53. The largest absolute Gasteiger partial charge is 0.497 e. The van der Waals surface area contributed by atoms with Gasteiger partial charge in [0.15, 0.2) is 0 Å². The summed E-state index contributed by atoms with van der Waals surface area (Å²) in [6.07, 6.45) is 6.70. The predicted molar refractivity (Wildman–Crippen MR) is 132 cm³/mol. The third-order valence-electron chi connectivity index (χ3n) is 6.09. The molecule has 1 fully saturated rings. The number of methoxy groups -OCH3 is 1. The lowest BCUT2D eigenvalue weighted by Gasteiger charge is -2.35. The van der Waals surface area contributed by atoms with Crippen LogP contribution in [0.4, 0.5) is 5.69 Å². The summed E-state index contributed by atoms with van der Waals surface area (Å²) >= 11 is 0. The van der Waals surface area contributed by atoms with Crippen molar-refractivity contribution >= 4 is 17.5 Å². The molecule has 2 heterocycles. The van der Waals surface area contributed by atoms with Crippen molar-refractivity contribution in [3.63, 3.8) is 0 Å². The van der Waals surface area contributed by atoms with E-state index in [2.05, 4.69) is 32.7 Å². The lowest BCUT2D eigenvalue weighted by Crippen LogP contribution is -2.40. The molecule has 0 aliphatic carbocycles. The number of amides is 2. The second-order valence-corrected chi connectivity index (χ2v) is 8.37. The fourth-order valence-electron chi connectivity index (χ4n) is 4.24. The zero-order valence-electron chi connectivity index (χ0n) is 19.4. The zero-order chi connectivity index (χ0) is 23.8. The summed E-state index contributed by atoms with van der Waals surface area (Å²) < 4.78 is 5.30. The zero-order valence-corrected chi connectivity index (χ0v) is 19.4. The smallest absolute Gasteiger partial charge is 0.257 e. The summed E-state index contributed by atoms with van der Waals surface area (Å²) in [5.74, 6) is 0.374. The fourth-order valence-corrected chi connectivity index (χ4v) is 4.24. The summed E-state index contributed by atoms with van der Waals surface area (Å²) in [7, 11) is 1.66. The van der Waals surface area contributed by atoms with E-state index in [9.17, 15) is 9.59 Å². The van der Waals surface area contributed by atoms with Gasteiger partial charge in [-0.3, -0.25) is 19.5 Å². The molecule has 4 rings (SSSR count). The Morgan fingerprint density at radius 1 is 0.971 bits per heavy atom. The highest BCUT2D eigenvalue weighted by atomic mass is 16.5. The number of aromatic nitrogens is 1. The molecule has 2 aromatic carbocycles. The van der Waals surface area contributed by atoms with Gasteiger partial charge in [-0.25, -0.2) is 0 Å². The van der Waals surface area contributed by atoms with Gasteiger partial charge in [0.2, 0.25) is 0 Å². The second kappa shape index (κ2) is 11.4. The number of nitrogens with one attached hydrogen (secondary N) is 2. The van der Waals surface area contributed by atoms with E-state index in [1.54, 1.807) is 49.7 Å². The van der Waals surface area contributed by atoms with Crippen LogP contribution in [0.3, 0.4) is 0 Å². The number of benzene rings is 2. The predicted octanol–water partition coefficient (Wildman–Crippen LogP) is 4.30. The number of rotatable bonds is 8. The van der Waals surface area contributed by atoms with Gasteiger partial charge in [-0.15, -0.1) is 0 Å². The van der Waals surface area contributed by atoms with Crippen LogP contribution in [0.25, 0.3) is 0 Å². The van der Waals surface area contributed by atoms with Crippen LogP contribution in [-0.2, 0) is 0 Å². The quantitative estimate of drug-likeness (QED) is 0.526. The van der Waals surface area contributed by atoms with E-state index >= 15 is 0 Å². The number of pyridine rings is 1. The Morgan fingerprint density at radius 2 is 1.74 bits per heavy atom. The van der Waals surface area contributed by atoms with Crippen LogP contribution in [0, 0.1) is 0 Å². The minimum absolute atomic E-state index is 0.0867.